The van der Waals surface area contributed by atoms with Crippen molar-refractivity contribution in [1.29, 1.82) is 0 Å². The van der Waals surface area contributed by atoms with Crippen LogP contribution in [0.3, 0.4) is 0 Å². The summed E-state index contributed by atoms with van der Waals surface area (Å²) in [6.07, 6.45) is 3.50. The zero-order valence-corrected chi connectivity index (χ0v) is 9.51. The monoisotopic (exact) mass is 222 g/mol. The minimum Gasteiger partial charge on any atom is -0.463 e. The average molecular weight is 222 g/mol. The number of hydrogen-bond acceptors (Lipinski definition) is 4. The molecule has 0 aromatic carbocycles. The molecule has 2 N–H and O–H groups in total. The van der Waals surface area contributed by atoms with Crippen LogP contribution in [0.15, 0.2) is 22.8 Å². The van der Waals surface area contributed by atoms with Gasteiger partial charge in [0.1, 0.15) is 5.69 Å². The molecule has 3 nitrogen and oxygen atoms in total. The number of furan rings is 1. The Morgan fingerprint density at radius 2 is 2.40 bits per heavy atom. The fourth-order valence-electron chi connectivity index (χ4n) is 1.46. The van der Waals surface area contributed by atoms with Crippen molar-refractivity contribution in [2.75, 3.05) is 6.54 Å². The van der Waals surface area contributed by atoms with E-state index in [2.05, 4.69) is 11.9 Å². The maximum absolute atomic E-state index is 5.58. The van der Waals surface area contributed by atoms with Crippen LogP contribution in [0.25, 0.3) is 11.5 Å². The van der Waals surface area contributed by atoms with Crippen molar-refractivity contribution in [1.82, 2.24) is 4.98 Å². The third kappa shape index (κ3) is 2.11. The summed E-state index contributed by atoms with van der Waals surface area (Å²) in [5.41, 5.74) is 6.55. The van der Waals surface area contributed by atoms with Crippen LogP contribution in [0.4, 0.5) is 0 Å². The number of aryl methyl sites for hydroxylation is 1. The number of nitrogens with two attached hydrogens (primary N) is 1. The largest absolute Gasteiger partial charge is 0.463 e. The normalized spacial score (nSPS) is 10.8. The van der Waals surface area contributed by atoms with Crippen molar-refractivity contribution < 1.29 is 4.42 Å². The van der Waals surface area contributed by atoms with Crippen LogP contribution < -0.4 is 5.73 Å². The predicted octanol–water partition coefficient (Wildman–Crippen LogP) is 2.47. The number of thiazole rings is 1. The smallest absolute Gasteiger partial charge is 0.153 e. The van der Waals surface area contributed by atoms with E-state index in [-0.39, 0.29) is 0 Å². The Kier molecular flexibility index (Phi) is 3.18. The van der Waals surface area contributed by atoms with E-state index in [1.807, 2.05) is 12.1 Å². The molecule has 0 bridgehead atoms. The molecule has 0 aliphatic heterocycles. The molecule has 4 heteroatoms. The number of aromatic nitrogens is 1. The lowest BCUT2D eigenvalue weighted by Gasteiger charge is -1.95. The van der Waals surface area contributed by atoms with E-state index in [0.29, 0.717) is 6.54 Å². The molecule has 0 fully saturated rings. The standard InChI is InChI=1S/C11H14N2OS/c1-2-10-13-11(8-4-3-7-14-8)9(15-10)5-6-12/h3-4,7H,2,5-6,12H2,1H3. The highest BCUT2D eigenvalue weighted by atomic mass is 32.1. The Bertz CT molecular complexity index is 420. The highest BCUT2D eigenvalue weighted by Crippen LogP contribution is 2.29. The van der Waals surface area contributed by atoms with E-state index in [1.165, 1.54) is 4.88 Å². The van der Waals surface area contributed by atoms with Gasteiger partial charge in [0.15, 0.2) is 5.76 Å². The van der Waals surface area contributed by atoms with Gasteiger partial charge < -0.3 is 10.2 Å². The van der Waals surface area contributed by atoms with E-state index in [1.54, 1.807) is 17.6 Å². The van der Waals surface area contributed by atoms with Gasteiger partial charge in [0.05, 0.1) is 11.3 Å². The first kappa shape index (κ1) is 10.4. The second kappa shape index (κ2) is 4.59. The fourth-order valence-corrected chi connectivity index (χ4v) is 2.49. The third-order valence-electron chi connectivity index (χ3n) is 2.17. The summed E-state index contributed by atoms with van der Waals surface area (Å²) in [4.78, 5) is 5.79. The van der Waals surface area contributed by atoms with E-state index in [0.717, 1.165) is 29.3 Å². The highest BCUT2D eigenvalue weighted by molar-refractivity contribution is 7.12. The van der Waals surface area contributed by atoms with Gasteiger partial charge in [0, 0.05) is 4.88 Å². The van der Waals surface area contributed by atoms with Gasteiger partial charge in [-0.1, -0.05) is 6.92 Å². The second-order valence-electron chi connectivity index (χ2n) is 3.25. The van der Waals surface area contributed by atoms with Gasteiger partial charge in [-0.05, 0) is 31.5 Å². The van der Waals surface area contributed by atoms with Crippen molar-refractivity contribution in [3.8, 4) is 11.5 Å². The maximum atomic E-state index is 5.58. The predicted molar refractivity (Wildman–Crippen MR) is 62.0 cm³/mol. The Hall–Kier alpha value is -1.13. The third-order valence-corrected chi connectivity index (χ3v) is 3.43. The SMILES string of the molecule is CCc1nc(-c2ccco2)c(CCN)s1. The summed E-state index contributed by atoms with van der Waals surface area (Å²) in [6.45, 7) is 2.76. The molecule has 0 saturated carbocycles. The minimum atomic E-state index is 0.652. The molecule has 0 saturated heterocycles. The van der Waals surface area contributed by atoms with Crippen LogP contribution in [0.2, 0.25) is 0 Å². The first-order chi connectivity index (χ1) is 7.35. The molecule has 0 unspecified atom stereocenters. The molecule has 0 aliphatic rings. The lowest BCUT2D eigenvalue weighted by molar-refractivity contribution is 0.579. The first-order valence-corrected chi connectivity index (χ1v) is 5.89. The Morgan fingerprint density at radius 3 is 3.00 bits per heavy atom. The van der Waals surface area contributed by atoms with E-state index in [9.17, 15) is 0 Å². The molecule has 2 aromatic rings. The molecule has 0 aliphatic carbocycles. The van der Waals surface area contributed by atoms with E-state index in [4.69, 9.17) is 10.2 Å². The van der Waals surface area contributed by atoms with Crippen LogP contribution in [-0.4, -0.2) is 11.5 Å². The van der Waals surface area contributed by atoms with Crippen LogP contribution >= 0.6 is 11.3 Å². The molecule has 2 rings (SSSR count). The summed E-state index contributed by atoms with van der Waals surface area (Å²) < 4.78 is 5.37. The summed E-state index contributed by atoms with van der Waals surface area (Å²) in [6, 6.07) is 3.82. The van der Waals surface area contributed by atoms with E-state index >= 15 is 0 Å². The number of nitrogens with zero attached hydrogens (tertiary/aromatic N) is 1. The van der Waals surface area contributed by atoms with Crippen LogP contribution in [-0.2, 0) is 12.8 Å². The van der Waals surface area contributed by atoms with Gasteiger partial charge in [-0.15, -0.1) is 11.3 Å². The molecule has 2 aromatic heterocycles. The summed E-state index contributed by atoms with van der Waals surface area (Å²) >= 11 is 1.73. The number of rotatable bonds is 4. The average Bonchev–Trinajstić information content (AvgIpc) is 2.85. The maximum Gasteiger partial charge on any atom is 0.153 e. The minimum absolute atomic E-state index is 0.652. The van der Waals surface area contributed by atoms with Crippen LogP contribution in [0.5, 0.6) is 0 Å². The molecule has 80 valence electrons. The van der Waals surface area contributed by atoms with Gasteiger partial charge >= 0.3 is 0 Å². The van der Waals surface area contributed by atoms with Gasteiger partial charge in [-0.2, -0.15) is 0 Å². The van der Waals surface area contributed by atoms with Gasteiger partial charge in [-0.25, -0.2) is 4.98 Å². The molecule has 0 amide bonds. The highest BCUT2D eigenvalue weighted by Gasteiger charge is 2.13. The molecular weight excluding hydrogens is 208 g/mol. The Morgan fingerprint density at radius 1 is 1.53 bits per heavy atom. The lowest BCUT2D eigenvalue weighted by Crippen LogP contribution is -2.01. The quantitative estimate of drug-likeness (QED) is 0.864. The Balaban J connectivity index is 2.40. The molecule has 0 radical (unpaired) electrons. The van der Waals surface area contributed by atoms with Gasteiger partial charge in [0.25, 0.3) is 0 Å². The molecule has 0 atom stereocenters. The first-order valence-electron chi connectivity index (χ1n) is 5.07. The summed E-state index contributed by atoms with van der Waals surface area (Å²) in [7, 11) is 0. The van der Waals surface area contributed by atoms with Crippen molar-refractivity contribution in [3.63, 3.8) is 0 Å². The molecular formula is C11H14N2OS. The lowest BCUT2D eigenvalue weighted by atomic mass is 10.2. The molecule has 15 heavy (non-hydrogen) atoms. The van der Waals surface area contributed by atoms with Crippen LogP contribution in [0, 0.1) is 0 Å². The van der Waals surface area contributed by atoms with Gasteiger partial charge in [-0.3, -0.25) is 0 Å². The molecule has 2 heterocycles. The van der Waals surface area contributed by atoms with E-state index < -0.39 is 0 Å². The van der Waals surface area contributed by atoms with Crippen molar-refractivity contribution >= 4 is 11.3 Å². The summed E-state index contributed by atoms with van der Waals surface area (Å²) in [5.74, 6) is 0.842. The van der Waals surface area contributed by atoms with Crippen molar-refractivity contribution in [3.05, 3.63) is 28.3 Å². The fraction of sp³-hybridized carbons (Fsp3) is 0.364. The number of hydrogen-bond donors (Lipinski definition) is 1. The van der Waals surface area contributed by atoms with Crippen molar-refractivity contribution in [2.24, 2.45) is 5.73 Å². The topological polar surface area (TPSA) is 52.0 Å². The zero-order valence-electron chi connectivity index (χ0n) is 8.69. The van der Waals surface area contributed by atoms with Crippen LogP contribution in [0.1, 0.15) is 16.8 Å². The zero-order chi connectivity index (χ0) is 10.7. The van der Waals surface area contributed by atoms with Gasteiger partial charge in [0.2, 0.25) is 0 Å². The second-order valence-corrected chi connectivity index (χ2v) is 4.42. The molecule has 0 spiro atoms. The Labute approximate surface area is 92.9 Å². The van der Waals surface area contributed by atoms with Crippen molar-refractivity contribution in [2.45, 2.75) is 19.8 Å². The summed E-state index contributed by atoms with van der Waals surface area (Å²) in [5, 5.41) is 1.14.